The molecule has 1 fully saturated rings. The standard InChI is InChI=1S/C14H20N2O3/c1-11-9-15-7-8-16(11)14(17)10-19-13-5-3-12(18-2)4-6-13/h3-6,11,15H,7-10H2,1-2H3/t11-/m1/s1. The average Bonchev–Trinajstić information content (AvgIpc) is 2.46. The SMILES string of the molecule is COc1ccc(OCC(=O)N2CCNC[C@H]2C)cc1. The fraction of sp³-hybridized carbons (Fsp3) is 0.500. The quantitative estimate of drug-likeness (QED) is 0.877. The number of carbonyl (C=O) groups is 1. The largest absolute Gasteiger partial charge is 0.497 e. The van der Waals surface area contributed by atoms with Gasteiger partial charge in [-0.3, -0.25) is 4.79 Å². The van der Waals surface area contributed by atoms with Crippen LogP contribution in [0, 0.1) is 0 Å². The maximum Gasteiger partial charge on any atom is 0.260 e. The van der Waals surface area contributed by atoms with Crippen LogP contribution < -0.4 is 14.8 Å². The van der Waals surface area contributed by atoms with Gasteiger partial charge < -0.3 is 19.7 Å². The molecule has 0 spiro atoms. The number of hydrogen-bond donors (Lipinski definition) is 1. The van der Waals surface area contributed by atoms with Crippen molar-refractivity contribution in [2.75, 3.05) is 33.4 Å². The van der Waals surface area contributed by atoms with Crippen molar-refractivity contribution in [3.05, 3.63) is 24.3 Å². The average molecular weight is 264 g/mol. The van der Waals surface area contributed by atoms with Gasteiger partial charge in [-0.05, 0) is 31.2 Å². The van der Waals surface area contributed by atoms with Crippen LogP contribution in [0.1, 0.15) is 6.92 Å². The minimum Gasteiger partial charge on any atom is -0.497 e. The van der Waals surface area contributed by atoms with Crippen molar-refractivity contribution in [2.24, 2.45) is 0 Å². The summed E-state index contributed by atoms with van der Waals surface area (Å²) in [5.74, 6) is 1.48. The molecule has 0 saturated carbocycles. The van der Waals surface area contributed by atoms with E-state index in [9.17, 15) is 4.79 Å². The Labute approximate surface area is 113 Å². The second kappa shape index (κ2) is 6.43. The Morgan fingerprint density at radius 2 is 2.05 bits per heavy atom. The fourth-order valence-electron chi connectivity index (χ4n) is 2.11. The van der Waals surface area contributed by atoms with Crippen LogP contribution in [0.5, 0.6) is 11.5 Å². The monoisotopic (exact) mass is 264 g/mol. The van der Waals surface area contributed by atoms with Gasteiger partial charge in [0.05, 0.1) is 7.11 Å². The van der Waals surface area contributed by atoms with Crippen molar-refractivity contribution in [1.82, 2.24) is 10.2 Å². The smallest absolute Gasteiger partial charge is 0.260 e. The number of amides is 1. The molecule has 1 atom stereocenters. The summed E-state index contributed by atoms with van der Waals surface area (Å²) in [5, 5.41) is 3.26. The summed E-state index contributed by atoms with van der Waals surface area (Å²) in [6, 6.07) is 7.45. The highest BCUT2D eigenvalue weighted by molar-refractivity contribution is 5.78. The predicted octanol–water partition coefficient (Wildman–Crippen LogP) is 0.894. The van der Waals surface area contributed by atoms with E-state index >= 15 is 0 Å². The second-order valence-electron chi connectivity index (χ2n) is 4.60. The van der Waals surface area contributed by atoms with Gasteiger partial charge in [-0.15, -0.1) is 0 Å². The highest BCUT2D eigenvalue weighted by atomic mass is 16.5. The summed E-state index contributed by atoms with van der Waals surface area (Å²) < 4.78 is 10.6. The third-order valence-electron chi connectivity index (χ3n) is 3.24. The topological polar surface area (TPSA) is 50.8 Å². The lowest BCUT2D eigenvalue weighted by Crippen LogP contribution is -2.53. The van der Waals surface area contributed by atoms with E-state index in [4.69, 9.17) is 9.47 Å². The molecule has 2 rings (SSSR count). The molecule has 1 aromatic carbocycles. The van der Waals surface area contributed by atoms with E-state index in [1.807, 2.05) is 24.0 Å². The Hall–Kier alpha value is -1.75. The third kappa shape index (κ3) is 3.61. The third-order valence-corrected chi connectivity index (χ3v) is 3.24. The van der Waals surface area contributed by atoms with Crippen LogP contribution in [0.2, 0.25) is 0 Å². The lowest BCUT2D eigenvalue weighted by Gasteiger charge is -2.33. The van der Waals surface area contributed by atoms with Crippen LogP contribution in [0.3, 0.4) is 0 Å². The van der Waals surface area contributed by atoms with E-state index < -0.39 is 0 Å². The van der Waals surface area contributed by atoms with Crippen LogP contribution in [-0.4, -0.2) is 50.2 Å². The molecule has 1 aliphatic heterocycles. The summed E-state index contributed by atoms with van der Waals surface area (Å²) in [4.78, 5) is 13.9. The number of benzene rings is 1. The molecule has 5 nitrogen and oxygen atoms in total. The zero-order valence-corrected chi connectivity index (χ0v) is 11.4. The van der Waals surface area contributed by atoms with Gasteiger partial charge in [0.15, 0.2) is 6.61 Å². The zero-order chi connectivity index (χ0) is 13.7. The van der Waals surface area contributed by atoms with E-state index in [-0.39, 0.29) is 18.6 Å². The van der Waals surface area contributed by atoms with Gasteiger partial charge in [0.25, 0.3) is 5.91 Å². The van der Waals surface area contributed by atoms with Gasteiger partial charge in [0.1, 0.15) is 11.5 Å². The van der Waals surface area contributed by atoms with Crippen LogP contribution in [0.15, 0.2) is 24.3 Å². The van der Waals surface area contributed by atoms with E-state index in [1.165, 1.54) is 0 Å². The summed E-state index contributed by atoms with van der Waals surface area (Å²) in [6.07, 6.45) is 0. The van der Waals surface area contributed by atoms with Crippen molar-refractivity contribution >= 4 is 5.91 Å². The minimum atomic E-state index is 0.0322. The molecule has 1 saturated heterocycles. The number of nitrogens with zero attached hydrogens (tertiary/aromatic N) is 1. The summed E-state index contributed by atoms with van der Waals surface area (Å²) >= 11 is 0. The number of carbonyl (C=O) groups excluding carboxylic acids is 1. The van der Waals surface area contributed by atoms with Crippen molar-refractivity contribution in [3.63, 3.8) is 0 Å². The van der Waals surface area contributed by atoms with Gasteiger partial charge in [0, 0.05) is 25.7 Å². The number of nitrogens with one attached hydrogen (secondary N) is 1. The molecule has 104 valence electrons. The van der Waals surface area contributed by atoms with Gasteiger partial charge in [-0.1, -0.05) is 0 Å². The van der Waals surface area contributed by atoms with Crippen molar-refractivity contribution in [1.29, 1.82) is 0 Å². The molecular weight excluding hydrogens is 244 g/mol. The number of hydrogen-bond acceptors (Lipinski definition) is 4. The van der Waals surface area contributed by atoms with Crippen molar-refractivity contribution in [2.45, 2.75) is 13.0 Å². The van der Waals surface area contributed by atoms with E-state index in [1.54, 1.807) is 19.2 Å². The molecule has 0 unspecified atom stereocenters. The molecule has 1 N–H and O–H groups in total. The molecule has 0 bridgehead atoms. The minimum absolute atomic E-state index is 0.0322. The molecule has 1 aromatic rings. The van der Waals surface area contributed by atoms with Gasteiger partial charge in [-0.25, -0.2) is 0 Å². The maximum absolute atomic E-state index is 12.1. The van der Waals surface area contributed by atoms with Crippen molar-refractivity contribution in [3.8, 4) is 11.5 Å². The first kappa shape index (κ1) is 13.7. The highest BCUT2D eigenvalue weighted by Crippen LogP contribution is 2.17. The van der Waals surface area contributed by atoms with Gasteiger partial charge in [-0.2, -0.15) is 0 Å². The zero-order valence-electron chi connectivity index (χ0n) is 11.4. The number of ether oxygens (including phenoxy) is 2. The highest BCUT2D eigenvalue weighted by Gasteiger charge is 2.22. The molecular formula is C14H20N2O3. The maximum atomic E-state index is 12.1. The van der Waals surface area contributed by atoms with E-state index in [2.05, 4.69) is 5.32 Å². The van der Waals surface area contributed by atoms with Crippen LogP contribution in [-0.2, 0) is 4.79 Å². The van der Waals surface area contributed by atoms with Gasteiger partial charge >= 0.3 is 0 Å². The predicted molar refractivity (Wildman–Crippen MR) is 72.5 cm³/mol. The van der Waals surface area contributed by atoms with Crippen LogP contribution >= 0.6 is 0 Å². The Kier molecular flexibility index (Phi) is 4.63. The van der Waals surface area contributed by atoms with Crippen molar-refractivity contribution < 1.29 is 14.3 Å². The Morgan fingerprint density at radius 1 is 1.37 bits per heavy atom. The molecule has 5 heteroatoms. The van der Waals surface area contributed by atoms with Gasteiger partial charge in [0.2, 0.25) is 0 Å². The number of piperazine rings is 1. The Bertz CT molecular complexity index is 419. The first-order chi connectivity index (χ1) is 9.20. The normalized spacial score (nSPS) is 19.1. The molecule has 0 radical (unpaired) electrons. The molecule has 1 amide bonds. The lowest BCUT2D eigenvalue weighted by atomic mass is 10.2. The first-order valence-corrected chi connectivity index (χ1v) is 6.47. The number of rotatable bonds is 4. The molecule has 19 heavy (non-hydrogen) atoms. The lowest BCUT2D eigenvalue weighted by molar-refractivity contribution is -0.136. The molecule has 1 aliphatic rings. The molecule has 0 aromatic heterocycles. The fourth-order valence-corrected chi connectivity index (χ4v) is 2.11. The molecule has 1 heterocycles. The van der Waals surface area contributed by atoms with E-state index in [0.29, 0.717) is 5.75 Å². The Morgan fingerprint density at radius 3 is 2.68 bits per heavy atom. The summed E-state index contributed by atoms with van der Waals surface area (Å²) in [7, 11) is 1.62. The summed E-state index contributed by atoms with van der Waals surface area (Å²) in [5.41, 5.74) is 0. The summed E-state index contributed by atoms with van der Waals surface area (Å²) in [6.45, 7) is 4.55. The number of methoxy groups -OCH3 is 1. The molecule has 0 aliphatic carbocycles. The van der Waals surface area contributed by atoms with Crippen LogP contribution in [0.25, 0.3) is 0 Å². The Balaban J connectivity index is 1.85. The first-order valence-electron chi connectivity index (χ1n) is 6.47. The van der Waals surface area contributed by atoms with Crippen LogP contribution in [0.4, 0.5) is 0 Å². The van der Waals surface area contributed by atoms with E-state index in [0.717, 1.165) is 25.4 Å². The second-order valence-corrected chi connectivity index (χ2v) is 4.60.